The zero-order chi connectivity index (χ0) is 14.7. The Bertz CT molecular complexity index is 433. The van der Waals surface area contributed by atoms with Crippen LogP contribution in [0.15, 0.2) is 5.38 Å². The molecule has 2 heterocycles. The first-order valence-corrected chi connectivity index (χ1v) is 9.19. The van der Waals surface area contributed by atoms with E-state index in [1.165, 1.54) is 49.7 Å². The van der Waals surface area contributed by atoms with Gasteiger partial charge in [-0.1, -0.05) is 13.8 Å². The third kappa shape index (κ3) is 4.74. The predicted molar refractivity (Wildman–Crippen MR) is 88.5 cm³/mol. The molecule has 0 atom stereocenters. The summed E-state index contributed by atoms with van der Waals surface area (Å²) in [5.74, 6) is 0.701. The van der Waals surface area contributed by atoms with Gasteiger partial charge in [0.25, 0.3) is 0 Å². The third-order valence-electron chi connectivity index (χ3n) is 4.28. The molecule has 0 radical (unpaired) electrons. The molecule has 118 valence electrons. The van der Waals surface area contributed by atoms with Crippen molar-refractivity contribution in [2.45, 2.75) is 45.8 Å². The van der Waals surface area contributed by atoms with Gasteiger partial charge in [-0.15, -0.1) is 11.3 Å². The minimum Gasteiger partial charge on any atom is -0.310 e. The molecule has 1 aromatic heterocycles. The minimum atomic E-state index is 0.701. The Morgan fingerprint density at radius 3 is 2.71 bits per heavy atom. The van der Waals surface area contributed by atoms with Crippen LogP contribution in [0.2, 0.25) is 0 Å². The number of piperazine rings is 1. The number of rotatable bonds is 7. The molecule has 21 heavy (non-hydrogen) atoms. The van der Waals surface area contributed by atoms with Gasteiger partial charge < -0.3 is 5.32 Å². The number of aromatic nitrogens is 1. The second-order valence-corrected chi connectivity index (χ2v) is 7.74. The zero-order valence-corrected chi connectivity index (χ0v) is 14.2. The van der Waals surface area contributed by atoms with Gasteiger partial charge in [0.15, 0.2) is 0 Å². The van der Waals surface area contributed by atoms with E-state index in [-0.39, 0.29) is 0 Å². The van der Waals surface area contributed by atoms with Crippen molar-refractivity contribution >= 4 is 11.3 Å². The van der Waals surface area contributed by atoms with Crippen molar-refractivity contribution in [1.82, 2.24) is 20.1 Å². The largest absolute Gasteiger partial charge is 0.310 e. The van der Waals surface area contributed by atoms with E-state index in [1.807, 2.05) is 0 Å². The predicted octanol–water partition coefficient (Wildman–Crippen LogP) is 2.17. The zero-order valence-electron chi connectivity index (χ0n) is 13.3. The molecule has 1 N–H and O–H groups in total. The molecule has 1 saturated heterocycles. The molecule has 4 nitrogen and oxygen atoms in total. The van der Waals surface area contributed by atoms with Gasteiger partial charge in [0.05, 0.1) is 5.69 Å². The van der Waals surface area contributed by atoms with E-state index in [1.54, 1.807) is 11.3 Å². The van der Waals surface area contributed by atoms with Gasteiger partial charge in [-0.2, -0.15) is 0 Å². The van der Waals surface area contributed by atoms with E-state index in [2.05, 4.69) is 34.3 Å². The normalized spacial score (nSPS) is 21.3. The summed E-state index contributed by atoms with van der Waals surface area (Å²) in [6.45, 7) is 12.4. The molecule has 0 amide bonds. The van der Waals surface area contributed by atoms with Gasteiger partial charge in [0.2, 0.25) is 0 Å². The maximum absolute atomic E-state index is 4.77. The van der Waals surface area contributed by atoms with Crippen molar-refractivity contribution in [3.63, 3.8) is 0 Å². The Hall–Kier alpha value is -0.490. The first-order chi connectivity index (χ1) is 10.2. The maximum Gasteiger partial charge on any atom is 0.107 e. The molecule has 1 saturated carbocycles. The van der Waals surface area contributed by atoms with Crippen LogP contribution in [0, 0.1) is 5.92 Å². The van der Waals surface area contributed by atoms with Crippen LogP contribution < -0.4 is 5.32 Å². The minimum absolute atomic E-state index is 0.701. The topological polar surface area (TPSA) is 31.4 Å². The van der Waals surface area contributed by atoms with Gasteiger partial charge in [0, 0.05) is 50.7 Å². The summed E-state index contributed by atoms with van der Waals surface area (Å²) in [6.07, 6.45) is 2.86. The number of thiazole rings is 1. The lowest BCUT2D eigenvalue weighted by molar-refractivity contribution is 0.120. The highest BCUT2D eigenvalue weighted by Gasteiger charge is 2.31. The SMILES string of the molecule is CC(C)CNCc1nc(CN2CCN(C3CC3)CC2)cs1. The average Bonchev–Trinajstić information content (AvgIpc) is 3.22. The van der Waals surface area contributed by atoms with Crippen LogP contribution in [0.5, 0.6) is 0 Å². The molecule has 1 aromatic rings. The van der Waals surface area contributed by atoms with E-state index in [0.29, 0.717) is 5.92 Å². The van der Waals surface area contributed by atoms with Crippen molar-refractivity contribution < 1.29 is 0 Å². The van der Waals surface area contributed by atoms with Crippen molar-refractivity contribution in [3.05, 3.63) is 16.1 Å². The van der Waals surface area contributed by atoms with E-state index in [0.717, 1.165) is 25.7 Å². The summed E-state index contributed by atoms with van der Waals surface area (Å²) in [7, 11) is 0. The van der Waals surface area contributed by atoms with E-state index < -0.39 is 0 Å². The highest BCUT2D eigenvalue weighted by atomic mass is 32.1. The molecule has 1 aliphatic heterocycles. The van der Waals surface area contributed by atoms with Gasteiger partial charge >= 0.3 is 0 Å². The van der Waals surface area contributed by atoms with Gasteiger partial charge in [0.1, 0.15) is 5.01 Å². The fourth-order valence-electron chi connectivity index (χ4n) is 2.93. The molecule has 0 spiro atoms. The number of hydrogen-bond acceptors (Lipinski definition) is 5. The van der Waals surface area contributed by atoms with Gasteiger partial charge in [-0.25, -0.2) is 4.98 Å². The van der Waals surface area contributed by atoms with Crippen molar-refractivity contribution in [2.75, 3.05) is 32.7 Å². The number of hydrogen-bond donors (Lipinski definition) is 1. The van der Waals surface area contributed by atoms with Gasteiger partial charge in [-0.3, -0.25) is 9.80 Å². The molecule has 2 fully saturated rings. The highest BCUT2D eigenvalue weighted by Crippen LogP contribution is 2.27. The second kappa shape index (κ2) is 7.18. The molecule has 0 aromatic carbocycles. The third-order valence-corrected chi connectivity index (χ3v) is 5.18. The van der Waals surface area contributed by atoms with Crippen LogP contribution >= 0.6 is 11.3 Å². The summed E-state index contributed by atoms with van der Waals surface area (Å²) in [5, 5.41) is 6.93. The lowest BCUT2D eigenvalue weighted by atomic mass is 10.2. The Morgan fingerprint density at radius 1 is 1.29 bits per heavy atom. The quantitative estimate of drug-likeness (QED) is 0.836. The average molecular weight is 308 g/mol. The van der Waals surface area contributed by atoms with E-state index in [9.17, 15) is 0 Å². The fourth-order valence-corrected chi connectivity index (χ4v) is 3.68. The molecule has 0 unspecified atom stereocenters. The lowest BCUT2D eigenvalue weighted by Gasteiger charge is -2.34. The number of nitrogens with zero attached hydrogens (tertiary/aromatic N) is 3. The molecular weight excluding hydrogens is 280 g/mol. The summed E-state index contributed by atoms with van der Waals surface area (Å²) in [4.78, 5) is 9.99. The summed E-state index contributed by atoms with van der Waals surface area (Å²) >= 11 is 1.79. The highest BCUT2D eigenvalue weighted by molar-refractivity contribution is 7.09. The van der Waals surface area contributed by atoms with Crippen LogP contribution in [-0.4, -0.2) is 53.5 Å². The summed E-state index contributed by atoms with van der Waals surface area (Å²) in [5.41, 5.74) is 1.25. The van der Waals surface area contributed by atoms with Crippen molar-refractivity contribution in [3.8, 4) is 0 Å². The number of nitrogens with one attached hydrogen (secondary N) is 1. The van der Waals surface area contributed by atoms with Crippen LogP contribution in [0.25, 0.3) is 0 Å². The van der Waals surface area contributed by atoms with Crippen LogP contribution in [0.4, 0.5) is 0 Å². The van der Waals surface area contributed by atoms with E-state index >= 15 is 0 Å². The summed E-state index contributed by atoms with van der Waals surface area (Å²) in [6, 6.07) is 0.921. The Balaban J connectivity index is 1.40. The molecule has 5 heteroatoms. The van der Waals surface area contributed by atoms with Crippen LogP contribution in [0.1, 0.15) is 37.4 Å². The first-order valence-electron chi connectivity index (χ1n) is 8.31. The smallest absolute Gasteiger partial charge is 0.107 e. The summed E-state index contributed by atoms with van der Waals surface area (Å²) < 4.78 is 0. The molecule has 0 bridgehead atoms. The van der Waals surface area contributed by atoms with E-state index in [4.69, 9.17) is 4.98 Å². The standard InChI is InChI=1S/C16H28N4S/c1-13(2)9-17-10-16-18-14(12-21-16)11-19-5-7-20(8-6-19)15-3-4-15/h12-13,15,17H,3-11H2,1-2H3. The second-order valence-electron chi connectivity index (χ2n) is 6.80. The van der Waals surface area contributed by atoms with Gasteiger partial charge in [-0.05, 0) is 25.3 Å². The van der Waals surface area contributed by atoms with Crippen molar-refractivity contribution in [2.24, 2.45) is 5.92 Å². The Labute approximate surface area is 132 Å². The molecule has 2 aliphatic rings. The molecule has 3 rings (SSSR count). The fraction of sp³-hybridized carbons (Fsp3) is 0.812. The van der Waals surface area contributed by atoms with Crippen LogP contribution in [-0.2, 0) is 13.1 Å². The maximum atomic E-state index is 4.77. The lowest BCUT2D eigenvalue weighted by Crippen LogP contribution is -2.46. The molecule has 1 aliphatic carbocycles. The van der Waals surface area contributed by atoms with Crippen molar-refractivity contribution in [1.29, 1.82) is 0 Å². The monoisotopic (exact) mass is 308 g/mol. The molecular formula is C16H28N4S. The van der Waals surface area contributed by atoms with Crippen LogP contribution in [0.3, 0.4) is 0 Å². The Kier molecular flexibility index (Phi) is 5.27. The first kappa shape index (κ1) is 15.4. The Morgan fingerprint density at radius 2 is 2.05 bits per heavy atom.